The lowest BCUT2D eigenvalue weighted by atomic mass is 10.0. The molecule has 1 fully saturated rings. The summed E-state index contributed by atoms with van der Waals surface area (Å²) in [5, 5.41) is 4.69. The molecule has 2 heterocycles. The number of hydrogen-bond acceptors (Lipinski definition) is 4. The minimum absolute atomic E-state index is 0.231. The minimum Gasteiger partial charge on any atom is -0.379 e. The molecule has 1 saturated heterocycles. The summed E-state index contributed by atoms with van der Waals surface area (Å²) in [6.45, 7) is 8.38. The van der Waals surface area contributed by atoms with E-state index in [1.807, 2.05) is 6.07 Å². The van der Waals surface area contributed by atoms with Crippen molar-refractivity contribution in [1.29, 1.82) is 0 Å². The molecule has 0 aliphatic carbocycles. The molecule has 0 radical (unpaired) electrons. The zero-order valence-electron chi connectivity index (χ0n) is 16.2. The van der Waals surface area contributed by atoms with Crippen LogP contribution in [0.4, 0.5) is 4.39 Å². The van der Waals surface area contributed by atoms with Crippen molar-refractivity contribution in [2.75, 3.05) is 39.4 Å². The second-order valence-corrected chi connectivity index (χ2v) is 7.33. The first kappa shape index (κ1) is 19.0. The number of hydrogen-bond donors (Lipinski definition) is 1. The van der Waals surface area contributed by atoms with Crippen LogP contribution < -0.4 is 5.32 Å². The standard InChI is InChI=1S/C23H26FN3O/c1-17-2-7-22-19(14-17)15-20(16-25-8-9-27-10-12-28-13-11-27)23(26-22)18-3-5-21(24)6-4-18/h2-7,14-15,25H,8-13,16H2,1H3. The lowest BCUT2D eigenvalue weighted by Gasteiger charge is -2.26. The summed E-state index contributed by atoms with van der Waals surface area (Å²) >= 11 is 0. The van der Waals surface area contributed by atoms with Crippen LogP contribution in [0.25, 0.3) is 22.2 Å². The molecule has 146 valence electrons. The highest BCUT2D eigenvalue weighted by molar-refractivity contribution is 5.84. The first-order valence-electron chi connectivity index (χ1n) is 9.86. The van der Waals surface area contributed by atoms with Crippen LogP contribution in [-0.4, -0.2) is 49.3 Å². The topological polar surface area (TPSA) is 37.4 Å². The van der Waals surface area contributed by atoms with Crippen LogP contribution in [0.3, 0.4) is 0 Å². The van der Waals surface area contributed by atoms with Gasteiger partial charge in [0.1, 0.15) is 5.82 Å². The summed E-state index contributed by atoms with van der Waals surface area (Å²) in [5.74, 6) is -0.231. The van der Waals surface area contributed by atoms with Crippen molar-refractivity contribution in [2.45, 2.75) is 13.5 Å². The lowest BCUT2D eigenvalue weighted by Crippen LogP contribution is -2.40. The molecule has 0 amide bonds. The third-order valence-corrected chi connectivity index (χ3v) is 5.19. The fraction of sp³-hybridized carbons (Fsp3) is 0.348. The highest BCUT2D eigenvalue weighted by atomic mass is 19.1. The lowest BCUT2D eigenvalue weighted by molar-refractivity contribution is 0.0384. The molecule has 5 heteroatoms. The van der Waals surface area contributed by atoms with Crippen LogP contribution in [0.2, 0.25) is 0 Å². The third kappa shape index (κ3) is 4.55. The smallest absolute Gasteiger partial charge is 0.123 e. The molecular formula is C23H26FN3O. The summed E-state index contributed by atoms with van der Waals surface area (Å²) < 4.78 is 18.8. The van der Waals surface area contributed by atoms with Crippen molar-refractivity contribution in [3.63, 3.8) is 0 Å². The maximum Gasteiger partial charge on any atom is 0.123 e. The van der Waals surface area contributed by atoms with E-state index in [1.165, 1.54) is 17.7 Å². The molecule has 0 atom stereocenters. The van der Waals surface area contributed by atoms with Gasteiger partial charge in [-0.2, -0.15) is 0 Å². The van der Waals surface area contributed by atoms with Crippen molar-refractivity contribution in [1.82, 2.24) is 15.2 Å². The number of rotatable bonds is 6. The molecule has 0 unspecified atom stereocenters. The molecule has 0 bridgehead atoms. The van der Waals surface area contributed by atoms with E-state index in [0.717, 1.165) is 73.7 Å². The number of pyridine rings is 1. The summed E-state index contributed by atoms with van der Waals surface area (Å²) in [7, 11) is 0. The number of morpholine rings is 1. The molecule has 1 aromatic heterocycles. The van der Waals surface area contributed by atoms with Gasteiger partial charge in [-0.25, -0.2) is 9.37 Å². The third-order valence-electron chi connectivity index (χ3n) is 5.19. The van der Waals surface area contributed by atoms with Gasteiger partial charge in [-0.15, -0.1) is 0 Å². The Morgan fingerprint density at radius 2 is 1.86 bits per heavy atom. The maximum atomic E-state index is 13.4. The Hall–Kier alpha value is -2.34. The highest BCUT2D eigenvalue weighted by Gasteiger charge is 2.12. The van der Waals surface area contributed by atoms with Crippen molar-refractivity contribution < 1.29 is 9.13 Å². The van der Waals surface area contributed by atoms with Crippen molar-refractivity contribution in [3.05, 3.63) is 65.5 Å². The summed E-state index contributed by atoms with van der Waals surface area (Å²) in [5.41, 5.74) is 5.16. The van der Waals surface area contributed by atoms with Gasteiger partial charge in [-0.3, -0.25) is 4.90 Å². The molecule has 28 heavy (non-hydrogen) atoms. The van der Waals surface area contributed by atoms with Gasteiger partial charge in [0.05, 0.1) is 24.4 Å². The van der Waals surface area contributed by atoms with E-state index >= 15 is 0 Å². The predicted molar refractivity (Wildman–Crippen MR) is 111 cm³/mol. The fourth-order valence-electron chi connectivity index (χ4n) is 3.62. The number of aromatic nitrogens is 1. The molecule has 0 saturated carbocycles. The fourth-order valence-corrected chi connectivity index (χ4v) is 3.62. The zero-order valence-corrected chi connectivity index (χ0v) is 16.2. The van der Waals surface area contributed by atoms with Gasteiger partial charge in [-0.1, -0.05) is 11.6 Å². The molecule has 0 spiro atoms. The van der Waals surface area contributed by atoms with Crippen molar-refractivity contribution in [3.8, 4) is 11.3 Å². The second kappa shape index (κ2) is 8.78. The Bertz CT molecular complexity index is 936. The molecule has 1 aliphatic rings. The van der Waals surface area contributed by atoms with E-state index < -0.39 is 0 Å². The normalized spacial score (nSPS) is 15.2. The Balaban J connectivity index is 1.55. The van der Waals surface area contributed by atoms with Gasteiger partial charge in [-0.05, 0) is 55.0 Å². The molecule has 1 aliphatic heterocycles. The van der Waals surface area contributed by atoms with E-state index in [-0.39, 0.29) is 5.82 Å². The maximum absolute atomic E-state index is 13.4. The van der Waals surface area contributed by atoms with Gasteiger partial charge < -0.3 is 10.1 Å². The largest absolute Gasteiger partial charge is 0.379 e. The Morgan fingerprint density at radius 3 is 2.64 bits per heavy atom. The first-order chi connectivity index (χ1) is 13.7. The molecule has 4 rings (SSSR count). The Kier molecular flexibility index (Phi) is 5.95. The molecular weight excluding hydrogens is 353 g/mol. The van der Waals surface area contributed by atoms with E-state index in [0.29, 0.717) is 0 Å². The average molecular weight is 379 g/mol. The molecule has 1 N–H and O–H groups in total. The van der Waals surface area contributed by atoms with Gasteiger partial charge in [0.2, 0.25) is 0 Å². The van der Waals surface area contributed by atoms with Crippen LogP contribution in [-0.2, 0) is 11.3 Å². The molecule has 2 aromatic carbocycles. The van der Waals surface area contributed by atoms with Crippen molar-refractivity contribution >= 4 is 10.9 Å². The van der Waals surface area contributed by atoms with Gasteiger partial charge in [0.15, 0.2) is 0 Å². The van der Waals surface area contributed by atoms with E-state index in [1.54, 1.807) is 12.1 Å². The Morgan fingerprint density at radius 1 is 1.07 bits per heavy atom. The number of nitrogens with zero attached hydrogens (tertiary/aromatic N) is 2. The van der Waals surface area contributed by atoms with Crippen LogP contribution >= 0.6 is 0 Å². The van der Waals surface area contributed by atoms with E-state index in [2.05, 4.69) is 35.3 Å². The van der Waals surface area contributed by atoms with Gasteiger partial charge >= 0.3 is 0 Å². The number of nitrogens with one attached hydrogen (secondary N) is 1. The predicted octanol–water partition coefficient (Wildman–Crippen LogP) is 3.77. The van der Waals surface area contributed by atoms with Crippen molar-refractivity contribution in [2.24, 2.45) is 0 Å². The monoisotopic (exact) mass is 379 g/mol. The van der Waals surface area contributed by atoms with Crippen LogP contribution in [0.1, 0.15) is 11.1 Å². The molecule has 3 aromatic rings. The quantitative estimate of drug-likeness (QED) is 0.662. The van der Waals surface area contributed by atoms with E-state index in [4.69, 9.17) is 9.72 Å². The van der Waals surface area contributed by atoms with Crippen LogP contribution in [0.5, 0.6) is 0 Å². The Labute approximate surface area is 165 Å². The first-order valence-corrected chi connectivity index (χ1v) is 9.86. The number of benzene rings is 2. The second-order valence-electron chi connectivity index (χ2n) is 7.33. The van der Waals surface area contributed by atoms with Crippen LogP contribution in [0, 0.1) is 12.7 Å². The summed E-state index contributed by atoms with van der Waals surface area (Å²) in [6, 6.07) is 15.1. The number of fused-ring (bicyclic) bond motifs is 1. The number of ether oxygens (including phenoxy) is 1. The minimum atomic E-state index is -0.231. The van der Waals surface area contributed by atoms with Gasteiger partial charge in [0.25, 0.3) is 0 Å². The van der Waals surface area contributed by atoms with Gasteiger partial charge in [0, 0.05) is 43.7 Å². The highest BCUT2D eigenvalue weighted by Crippen LogP contribution is 2.26. The number of aryl methyl sites for hydroxylation is 1. The average Bonchev–Trinajstić information content (AvgIpc) is 2.72. The summed E-state index contributed by atoms with van der Waals surface area (Å²) in [4.78, 5) is 7.31. The van der Waals surface area contributed by atoms with Crippen LogP contribution in [0.15, 0.2) is 48.5 Å². The number of halogens is 1. The van der Waals surface area contributed by atoms with E-state index in [9.17, 15) is 4.39 Å². The summed E-state index contributed by atoms with van der Waals surface area (Å²) in [6.07, 6.45) is 0. The zero-order chi connectivity index (χ0) is 19.3. The SMILES string of the molecule is Cc1ccc2nc(-c3ccc(F)cc3)c(CNCCN3CCOCC3)cc2c1. The molecule has 4 nitrogen and oxygen atoms in total.